The Labute approximate surface area is 132 Å². The van der Waals surface area contributed by atoms with Gasteiger partial charge in [-0.25, -0.2) is 0 Å². The molecule has 0 bridgehead atoms. The normalized spacial score (nSPS) is 23.4. The van der Waals surface area contributed by atoms with Crippen LogP contribution in [0.15, 0.2) is 0 Å². The van der Waals surface area contributed by atoms with Gasteiger partial charge in [0.1, 0.15) is 0 Å². The standard InChI is InChI=1S/C18H37N3/c1-15(2)7-10-21(17-5-6-17)18(14-19)8-11-20(12-9-18)13-16(3)4/h15-17H,5-14,19H2,1-4H3. The molecule has 2 aliphatic rings. The monoisotopic (exact) mass is 295 g/mol. The van der Waals surface area contributed by atoms with Crippen molar-refractivity contribution in [2.24, 2.45) is 17.6 Å². The topological polar surface area (TPSA) is 32.5 Å². The van der Waals surface area contributed by atoms with Crippen LogP contribution in [0.3, 0.4) is 0 Å². The van der Waals surface area contributed by atoms with Crippen LogP contribution in [0.1, 0.15) is 59.8 Å². The van der Waals surface area contributed by atoms with Crippen molar-refractivity contribution in [1.29, 1.82) is 0 Å². The second-order valence-corrected chi connectivity index (χ2v) is 8.23. The summed E-state index contributed by atoms with van der Waals surface area (Å²) in [7, 11) is 0. The highest BCUT2D eigenvalue weighted by Crippen LogP contribution is 2.38. The van der Waals surface area contributed by atoms with E-state index >= 15 is 0 Å². The first kappa shape index (κ1) is 17.2. The molecule has 0 aromatic heterocycles. The summed E-state index contributed by atoms with van der Waals surface area (Å²) in [6.07, 6.45) is 6.65. The largest absolute Gasteiger partial charge is 0.329 e. The van der Waals surface area contributed by atoms with E-state index in [1.165, 1.54) is 58.3 Å². The van der Waals surface area contributed by atoms with E-state index in [0.717, 1.165) is 24.4 Å². The molecule has 3 nitrogen and oxygen atoms in total. The SMILES string of the molecule is CC(C)CCN(C1CC1)C1(CN)CCN(CC(C)C)CC1. The second-order valence-electron chi connectivity index (χ2n) is 8.23. The molecular weight excluding hydrogens is 258 g/mol. The summed E-state index contributed by atoms with van der Waals surface area (Å²) in [5.74, 6) is 1.57. The summed E-state index contributed by atoms with van der Waals surface area (Å²) in [5, 5.41) is 0. The van der Waals surface area contributed by atoms with Crippen LogP contribution < -0.4 is 5.73 Å². The third kappa shape index (κ3) is 4.67. The number of hydrogen-bond acceptors (Lipinski definition) is 3. The number of nitrogens with zero attached hydrogens (tertiary/aromatic N) is 2. The molecule has 0 radical (unpaired) electrons. The van der Waals surface area contributed by atoms with Crippen molar-refractivity contribution < 1.29 is 0 Å². The average molecular weight is 296 g/mol. The summed E-state index contributed by atoms with van der Waals surface area (Å²) in [4.78, 5) is 5.46. The molecule has 0 aromatic rings. The Bertz CT molecular complexity index is 302. The van der Waals surface area contributed by atoms with Gasteiger partial charge in [-0.2, -0.15) is 0 Å². The highest BCUT2D eigenvalue weighted by molar-refractivity contribution is 5.02. The Morgan fingerprint density at radius 1 is 1.10 bits per heavy atom. The van der Waals surface area contributed by atoms with Crippen molar-refractivity contribution >= 4 is 0 Å². The third-order valence-electron chi connectivity index (χ3n) is 5.33. The van der Waals surface area contributed by atoms with E-state index in [-0.39, 0.29) is 0 Å². The minimum absolute atomic E-state index is 0.295. The van der Waals surface area contributed by atoms with Crippen LogP contribution in [-0.2, 0) is 0 Å². The molecule has 0 atom stereocenters. The van der Waals surface area contributed by atoms with Gasteiger partial charge in [0, 0.05) is 24.7 Å². The molecule has 0 amide bonds. The first-order valence-electron chi connectivity index (χ1n) is 9.16. The predicted molar refractivity (Wildman–Crippen MR) is 91.5 cm³/mol. The zero-order valence-corrected chi connectivity index (χ0v) is 14.8. The summed E-state index contributed by atoms with van der Waals surface area (Å²) >= 11 is 0. The van der Waals surface area contributed by atoms with E-state index in [1.54, 1.807) is 0 Å². The maximum absolute atomic E-state index is 6.30. The molecule has 1 saturated carbocycles. The lowest BCUT2D eigenvalue weighted by Crippen LogP contribution is -2.60. The van der Waals surface area contributed by atoms with Gasteiger partial charge >= 0.3 is 0 Å². The zero-order valence-electron chi connectivity index (χ0n) is 14.8. The number of hydrogen-bond donors (Lipinski definition) is 1. The number of likely N-dealkylation sites (tertiary alicyclic amines) is 1. The van der Waals surface area contributed by atoms with Crippen LogP contribution in [0.25, 0.3) is 0 Å². The predicted octanol–water partition coefficient (Wildman–Crippen LogP) is 2.95. The number of rotatable bonds is 8. The van der Waals surface area contributed by atoms with Gasteiger partial charge in [-0.3, -0.25) is 4.90 Å². The van der Waals surface area contributed by atoms with E-state index in [0.29, 0.717) is 5.54 Å². The van der Waals surface area contributed by atoms with Crippen LogP contribution >= 0.6 is 0 Å². The van der Waals surface area contributed by atoms with Gasteiger partial charge in [0.05, 0.1) is 0 Å². The highest BCUT2D eigenvalue weighted by atomic mass is 15.3. The Kier molecular flexibility index (Phi) is 6.10. The van der Waals surface area contributed by atoms with Crippen LogP contribution in [0.4, 0.5) is 0 Å². The van der Waals surface area contributed by atoms with Gasteiger partial charge in [-0.15, -0.1) is 0 Å². The van der Waals surface area contributed by atoms with Gasteiger partial charge in [0.15, 0.2) is 0 Å². The average Bonchev–Trinajstić information content (AvgIpc) is 3.24. The van der Waals surface area contributed by atoms with Crippen LogP contribution in [0.5, 0.6) is 0 Å². The molecule has 0 spiro atoms. The lowest BCUT2D eigenvalue weighted by atomic mass is 9.84. The number of nitrogens with two attached hydrogens (primary N) is 1. The van der Waals surface area contributed by atoms with Gasteiger partial charge in [-0.1, -0.05) is 27.7 Å². The molecule has 21 heavy (non-hydrogen) atoms. The van der Waals surface area contributed by atoms with Gasteiger partial charge in [0.25, 0.3) is 0 Å². The van der Waals surface area contributed by atoms with E-state index in [9.17, 15) is 0 Å². The molecule has 1 aliphatic heterocycles. The summed E-state index contributed by atoms with van der Waals surface area (Å²) in [6.45, 7) is 15.1. The van der Waals surface area contributed by atoms with Crippen molar-refractivity contribution in [3.05, 3.63) is 0 Å². The Balaban J connectivity index is 1.96. The first-order valence-corrected chi connectivity index (χ1v) is 9.16. The smallest absolute Gasteiger partial charge is 0.0358 e. The molecule has 2 N–H and O–H groups in total. The van der Waals surface area contributed by atoms with Gasteiger partial charge < -0.3 is 10.6 Å². The molecular formula is C18H37N3. The fourth-order valence-corrected chi connectivity index (χ4v) is 3.87. The molecule has 1 saturated heterocycles. The lowest BCUT2D eigenvalue weighted by Gasteiger charge is -2.49. The Morgan fingerprint density at radius 3 is 2.14 bits per heavy atom. The minimum Gasteiger partial charge on any atom is -0.329 e. The molecule has 1 heterocycles. The number of piperidine rings is 1. The summed E-state index contributed by atoms with van der Waals surface area (Å²) < 4.78 is 0. The van der Waals surface area contributed by atoms with Crippen molar-refractivity contribution in [3.8, 4) is 0 Å². The summed E-state index contributed by atoms with van der Waals surface area (Å²) in [5.41, 5.74) is 6.59. The van der Waals surface area contributed by atoms with E-state index < -0.39 is 0 Å². The zero-order chi connectivity index (χ0) is 15.5. The maximum Gasteiger partial charge on any atom is 0.0358 e. The fraction of sp³-hybridized carbons (Fsp3) is 1.00. The van der Waals surface area contributed by atoms with Gasteiger partial charge in [0.2, 0.25) is 0 Å². The highest BCUT2D eigenvalue weighted by Gasteiger charge is 2.44. The third-order valence-corrected chi connectivity index (χ3v) is 5.33. The van der Waals surface area contributed by atoms with Crippen LogP contribution in [0, 0.1) is 11.8 Å². The molecule has 2 fully saturated rings. The maximum atomic E-state index is 6.30. The second kappa shape index (κ2) is 7.43. The molecule has 2 rings (SSSR count). The Morgan fingerprint density at radius 2 is 1.71 bits per heavy atom. The summed E-state index contributed by atoms with van der Waals surface area (Å²) in [6, 6.07) is 0.837. The van der Waals surface area contributed by atoms with Crippen LogP contribution in [0.2, 0.25) is 0 Å². The Hall–Kier alpha value is -0.120. The molecule has 3 heteroatoms. The first-order chi connectivity index (χ1) is 9.97. The van der Waals surface area contributed by atoms with E-state index in [1.807, 2.05) is 0 Å². The molecule has 1 aliphatic carbocycles. The fourth-order valence-electron chi connectivity index (χ4n) is 3.87. The molecule has 124 valence electrons. The van der Waals surface area contributed by atoms with Gasteiger partial charge in [-0.05, 0) is 63.6 Å². The molecule has 0 unspecified atom stereocenters. The minimum atomic E-state index is 0.295. The van der Waals surface area contributed by atoms with E-state index in [2.05, 4.69) is 37.5 Å². The lowest BCUT2D eigenvalue weighted by molar-refractivity contribution is 0.0148. The van der Waals surface area contributed by atoms with Crippen molar-refractivity contribution in [2.45, 2.75) is 71.4 Å². The quantitative estimate of drug-likeness (QED) is 0.747. The van der Waals surface area contributed by atoms with Crippen molar-refractivity contribution in [1.82, 2.24) is 9.80 Å². The van der Waals surface area contributed by atoms with Crippen molar-refractivity contribution in [2.75, 3.05) is 32.7 Å². The molecule has 0 aromatic carbocycles. The van der Waals surface area contributed by atoms with E-state index in [4.69, 9.17) is 5.73 Å². The van der Waals surface area contributed by atoms with Crippen molar-refractivity contribution in [3.63, 3.8) is 0 Å². The van der Waals surface area contributed by atoms with Crippen LogP contribution in [-0.4, -0.2) is 54.1 Å².